The van der Waals surface area contributed by atoms with E-state index in [0.717, 1.165) is 18.5 Å². The van der Waals surface area contributed by atoms with Crippen molar-refractivity contribution in [3.8, 4) is 0 Å². The Morgan fingerprint density at radius 1 is 1.50 bits per heavy atom. The lowest BCUT2D eigenvalue weighted by atomic mass is 10.1. The highest BCUT2D eigenvalue weighted by atomic mass is 79.9. The summed E-state index contributed by atoms with van der Waals surface area (Å²) < 4.78 is 19.0. The number of rotatable bonds is 6. The minimum atomic E-state index is -0.239. The molecule has 1 atom stereocenters. The Morgan fingerprint density at radius 2 is 2.25 bits per heavy atom. The van der Waals surface area contributed by atoms with Crippen LogP contribution in [0.3, 0.4) is 0 Å². The van der Waals surface area contributed by atoms with Crippen molar-refractivity contribution in [3.63, 3.8) is 0 Å². The van der Waals surface area contributed by atoms with Crippen LogP contribution < -0.4 is 5.32 Å². The van der Waals surface area contributed by atoms with Crippen molar-refractivity contribution in [2.75, 3.05) is 20.3 Å². The quantitative estimate of drug-likeness (QED) is 0.868. The standard InChI is InChI=1S/C12H17BrFNO/c1-3-6-15-12(8-16-2)9-4-5-10(13)11(14)7-9/h4-5,7,12,15H,3,6,8H2,1-2H3. The monoisotopic (exact) mass is 289 g/mol. The van der Waals surface area contributed by atoms with Crippen LogP contribution in [0.5, 0.6) is 0 Å². The first-order valence-corrected chi connectivity index (χ1v) is 6.15. The first-order valence-electron chi connectivity index (χ1n) is 5.36. The Bertz CT molecular complexity index is 333. The average Bonchev–Trinajstić information content (AvgIpc) is 2.28. The number of hydrogen-bond acceptors (Lipinski definition) is 2. The summed E-state index contributed by atoms with van der Waals surface area (Å²) >= 11 is 3.14. The normalized spacial score (nSPS) is 12.8. The molecule has 0 bridgehead atoms. The van der Waals surface area contributed by atoms with E-state index >= 15 is 0 Å². The highest BCUT2D eigenvalue weighted by Gasteiger charge is 2.11. The van der Waals surface area contributed by atoms with Crippen molar-refractivity contribution in [1.29, 1.82) is 0 Å². The number of hydrogen-bond donors (Lipinski definition) is 1. The van der Waals surface area contributed by atoms with Gasteiger partial charge in [0, 0.05) is 7.11 Å². The Balaban J connectivity index is 2.78. The molecule has 1 aromatic rings. The molecule has 4 heteroatoms. The van der Waals surface area contributed by atoms with Crippen LogP contribution in [0.25, 0.3) is 0 Å². The summed E-state index contributed by atoms with van der Waals surface area (Å²) in [4.78, 5) is 0. The number of halogens is 2. The Morgan fingerprint density at radius 3 is 2.81 bits per heavy atom. The third-order valence-electron chi connectivity index (χ3n) is 2.32. The van der Waals surface area contributed by atoms with Gasteiger partial charge < -0.3 is 10.1 Å². The molecule has 1 rings (SSSR count). The molecule has 0 radical (unpaired) electrons. The fraction of sp³-hybridized carbons (Fsp3) is 0.500. The maximum atomic E-state index is 13.4. The highest BCUT2D eigenvalue weighted by Crippen LogP contribution is 2.21. The van der Waals surface area contributed by atoms with E-state index in [4.69, 9.17) is 4.74 Å². The molecule has 1 unspecified atom stereocenters. The number of methoxy groups -OCH3 is 1. The fourth-order valence-corrected chi connectivity index (χ4v) is 1.73. The highest BCUT2D eigenvalue weighted by molar-refractivity contribution is 9.10. The SMILES string of the molecule is CCCNC(COC)c1ccc(Br)c(F)c1. The molecule has 0 aliphatic rings. The Hall–Kier alpha value is -0.450. The molecule has 0 amide bonds. The van der Waals surface area contributed by atoms with Crippen LogP contribution in [0.1, 0.15) is 24.9 Å². The predicted octanol–water partition coefficient (Wildman–Crippen LogP) is 3.28. The smallest absolute Gasteiger partial charge is 0.137 e. The van der Waals surface area contributed by atoms with E-state index in [0.29, 0.717) is 11.1 Å². The maximum absolute atomic E-state index is 13.4. The Kier molecular flexibility index (Phi) is 5.95. The molecule has 1 aromatic carbocycles. The molecule has 1 N–H and O–H groups in total. The largest absolute Gasteiger partial charge is 0.383 e. The van der Waals surface area contributed by atoms with Crippen LogP contribution in [0, 0.1) is 5.82 Å². The lowest BCUT2D eigenvalue weighted by Crippen LogP contribution is -2.26. The lowest BCUT2D eigenvalue weighted by molar-refractivity contribution is 0.167. The van der Waals surface area contributed by atoms with Gasteiger partial charge in [0.1, 0.15) is 5.82 Å². The van der Waals surface area contributed by atoms with Crippen molar-refractivity contribution in [1.82, 2.24) is 5.32 Å². The van der Waals surface area contributed by atoms with Gasteiger partial charge in [-0.05, 0) is 46.6 Å². The first kappa shape index (κ1) is 13.6. The average molecular weight is 290 g/mol. The van der Waals surface area contributed by atoms with Crippen LogP contribution in [0.4, 0.5) is 4.39 Å². The zero-order valence-electron chi connectivity index (χ0n) is 9.59. The molecule has 0 spiro atoms. The van der Waals surface area contributed by atoms with Gasteiger partial charge in [-0.25, -0.2) is 4.39 Å². The second-order valence-electron chi connectivity index (χ2n) is 3.64. The predicted molar refractivity (Wildman–Crippen MR) is 67.0 cm³/mol. The van der Waals surface area contributed by atoms with Crippen molar-refractivity contribution >= 4 is 15.9 Å². The topological polar surface area (TPSA) is 21.3 Å². The van der Waals surface area contributed by atoms with Crippen molar-refractivity contribution in [3.05, 3.63) is 34.1 Å². The zero-order valence-corrected chi connectivity index (χ0v) is 11.2. The van der Waals surface area contributed by atoms with Crippen LogP contribution in [-0.2, 0) is 4.74 Å². The molecule has 0 heterocycles. The van der Waals surface area contributed by atoms with Crippen molar-refractivity contribution in [2.45, 2.75) is 19.4 Å². The summed E-state index contributed by atoms with van der Waals surface area (Å²) in [6, 6.07) is 5.21. The van der Waals surface area contributed by atoms with Crippen molar-refractivity contribution in [2.24, 2.45) is 0 Å². The maximum Gasteiger partial charge on any atom is 0.137 e. The summed E-state index contributed by atoms with van der Waals surface area (Å²) in [5, 5.41) is 3.33. The molecule has 2 nitrogen and oxygen atoms in total. The van der Waals surface area contributed by atoms with Gasteiger partial charge in [-0.2, -0.15) is 0 Å². The van der Waals surface area contributed by atoms with E-state index < -0.39 is 0 Å². The molecule has 0 aliphatic heterocycles. The van der Waals surface area contributed by atoms with Crippen LogP contribution in [0.2, 0.25) is 0 Å². The number of benzene rings is 1. The molecule has 0 fully saturated rings. The van der Waals surface area contributed by atoms with E-state index in [-0.39, 0.29) is 11.9 Å². The summed E-state index contributed by atoms with van der Waals surface area (Å²) in [5.74, 6) is -0.239. The van der Waals surface area contributed by atoms with Gasteiger partial charge in [0.15, 0.2) is 0 Å². The van der Waals surface area contributed by atoms with Crippen LogP contribution in [0.15, 0.2) is 22.7 Å². The number of nitrogens with one attached hydrogen (secondary N) is 1. The third kappa shape index (κ3) is 3.85. The molecule has 90 valence electrons. The lowest BCUT2D eigenvalue weighted by Gasteiger charge is -2.18. The first-order chi connectivity index (χ1) is 7.69. The van der Waals surface area contributed by atoms with Crippen LogP contribution in [-0.4, -0.2) is 20.3 Å². The Labute approximate surface area is 104 Å². The summed E-state index contributed by atoms with van der Waals surface area (Å²) in [7, 11) is 1.65. The summed E-state index contributed by atoms with van der Waals surface area (Å²) in [6.45, 7) is 3.53. The molecule has 0 saturated carbocycles. The summed E-state index contributed by atoms with van der Waals surface area (Å²) in [6.07, 6.45) is 1.04. The van der Waals surface area contributed by atoms with Gasteiger partial charge >= 0.3 is 0 Å². The second kappa shape index (κ2) is 6.99. The van der Waals surface area contributed by atoms with E-state index in [1.807, 2.05) is 6.07 Å². The summed E-state index contributed by atoms with van der Waals surface area (Å²) in [5.41, 5.74) is 0.913. The molecule has 0 aliphatic carbocycles. The van der Waals surface area contributed by atoms with Gasteiger partial charge in [0.25, 0.3) is 0 Å². The van der Waals surface area contributed by atoms with E-state index in [9.17, 15) is 4.39 Å². The molecular weight excluding hydrogens is 273 g/mol. The molecule has 0 aromatic heterocycles. The second-order valence-corrected chi connectivity index (χ2v) is 4.49. The fourth-order valence-electron chi connectivity index (χ4n) is 1.49. The van der Waals surface area contributed by atoms with E-state index in [2.05, 4.69) is 28.2 Å². The van der Waals surface area contributed by atoms with Gasteiger partial charge in [-0.1, -0.05) is 13.0 Å². The minimum Gasteiger partial charge on any atom is -0.383 e. The van der Waals surface area contributed by atoms with Gasteiger partial charge in [0.05, 0.1) is 17.1 Å². The van der Waals surface area contributed by atoms with Gasteiger partial charge in [-0.15, -0.1) is 0 Å². The minimum absolute atomic E-state index is 0.0487. The van der Waals surface area contributed by atoms with Crippen molar-refractivity contribution < 1.29 is 9.13 Å². The van der Waals surface area contributed by atoms with E-state index in [1.165, 1.54) is 6.07 Å². The number of ether oxygens (including phenoxy) is 1. The van der Waals surface area contributed by atoms with Gasteiger partial charge in [0.2, 0.25) is 0 Å². The molecular formula is C12H17BrFNO. The molecule has 0 saturated heterocycles. The zero-order chi connectivity index (χ0) is 12.0. The van der Waals surface area contributed by atoms with E-state index in [1.54, 1.807) is 13.2 Å². The van der Waals surface area contributed by atoms with Gasteiger partial charge in [-0.3, -0.25) is 0 Å². The third-order valence-corrected chi connectivity index (χ3v) is 2.96. The molecule has 16 heavy (non-hydrogen) atoms. The van der Waals surface area contributed by atoms with Crippen LogP contribution >= 0.6 is 15.9 Å².